The van der Waals surface area contributed by atoms with Crippen molar-refractivity contribution in [3.63, 3.8) is 0 Å². The van der Waals surface area contributed by atoms with Gasteiger partial charge in [0.1, 0.15) is 12.1 Å². The summed E-state index contributed by atoms with van der Waals surface area (Å²) in [5.41, 5.74) is 3.07. The molecule has 4 heterocycles. The first-order valence-corrected chi connectivity index (χ1v) is 11.0. The Labute approximate surface area is 204 Å². The molecule has 0 N–H and O–H groups in total. The number of hydrogen-bond acceptors (Lipinski definition) is 7. The van der Waals surface area contributed by atoms with E-state index >= 15 is 0 Å². The summed E-state index contributed by atoms with van der Waals surface area (Å²) in [5, 5.41) is 8.95. The highest BCUT2D eigenvalue weighted by atomic mass is 19.4. The quantitative estimate of drug-likeness (QED) is 0.362. The second-order valence-corrected chi connectivity index (χ2v) is 8.57. The van der Waals surface area contributed by atoms with Crippen molar-refractivity contribution in [2.45, 2.75) is 26.6 Å². The van der Waals surface area contributed by atoms with Crippen LogP contribution >= 0.6 is 0 Å². The number of alkyl halides is 3. The Morgan fingerprint density at radius 1 is 0.972 bits per heavy atom. The number of fused-ring (bicyclic) bond motifs is 1. The zero-order chi connectivity index (χ0) is 25.6. The molecular weight excluding hydrogens is 471 g/mol. The van der Waals surface area contributed by atoms with Crippen LogP contribution in [0.2, 0.25) is 0 Å². The van der Waals surface area contributed by atoms with E-state index in [1.807, 2.05) is 38.1 Å². The molecule has 0 spiro atoms. The van der Waals surface area contributed by atoms with Gasteiger partial charge in [0, 0.05) is 26.0 Å². The maximum Gasteiger partial charge on any atom is 0.435 e. The zero-order valence-corrected chi connectivity index (χ0v) is 20.0. The van der Waals surface area contributed by atoms with Crippen molar-refractivity contribution in [1.29, 1.82) is 0 Å². The van der Waals surface area contributed by atoms with Crippen molar-refractivity contribution < 1.29 is 13.2 Å². The SMILES string of the molecule is Cc1ncnc(N(C)C)c1-c1ncc2cnn(Cc3ccc(-n4nc(C(F)(F)F)cc4C)cc3)c2n1. The van der Waals surface area contributed by atoms with Crippen LogP contribution in [0.3, 0.4) is 0 Å². The molecule has 36 heavy (non-hydrogen) atoms. The van der Waals surface area contributed by atoms with Crippen molar-refractivity contribution in [2.75, 3.05) is 19.0 Å². The van der Waals surface area contributed by atoms with E-state index in [1.54, 1.807) is 36.1 Å². The molecule has 4 aromatic heterocycles. The first kappa shape index (κ1) is 23.4. The summed E-state index contributed by atoms with van der Waals surface area (Å²) in [6, 6.07) is 8.16. The van der Waals surface area contributed by atoms with E-state index in [9.17, 15) is 13.2 Å². The lowest BCUT2D eigenvalue weighted by atomic mass is 10.2. The summed E-state index contributed by atoms with van der Waals surface area (Å²) in [6.07, 6.45) is 0.431. The lowest BCUT2D eigenvalue weighted by molar-refractivity contribution is -0.141. The average molecular weight is 493 g/mol. The van der Waals surface area contributed by atoms with Crippen LogP contribution in [0, 0.1) is 13.8 Å². The number of aromatic nitrogens is 8. The van der Waals surface area contributed by atoms with Crippen LogP contribution < -0.4 is 4.90 Å². The Morgan fingerprint density at radius 2 is 1.72 bits per heavy atom. The second kappa shape index (κ2) is 8.70. The summed E-state index contributed by atoms with van der Waals surface area (Å²) in [7, 11) is 3.79. The van der Waals surface area contributed by atoms with Gasteiger partial charge in [0.2, 0.25) is 0 Å². The van der Waals surface area contributed by atoms with Gasteiger partial charge in [0.05, 0.1) is 35.1 Å². The predicted molar refractivity (Wildman–Crippen MR) is 128 cm³/mol. The van der Waals surface area contributed by atoms with Crippen molar-refractivity contribution >= 4 is 16.9 Å². The van der Waals surface area contributed by atoms with Crippen LogP contribution in [0.1, 0.15) is 22.6 Å². The molecule has 5 aromatic rings. The highest BCUT2D eigenvalue weighted by Gasteiger charge is 2.34. The molecule has 0 radical (unpaired) electrons. The Kier molecular flexibility index (Phi) is 5.65. The van der Waals surface area contributed by atoms with E-state index in [1.165, 1.54) is 11.0 Å². The van der Waals surface area contributed by atoms with E-state index < -0.39 is 11.9 Å². The molecule has 0 saturated heterocycles. The van der Waals surface area contributed by atoms with Crippen molar-refractivity contribution in [3.8, 4) is 17.1 Å². The van der Waals surface area contributed by atoms with Crippen molar-refractivity contribution in [3.05, 3.63) is 71.7 Å². The fourth-order valence-corrected chi connectivity index (χ4v) is 3.95. The number of anilines is 1. The molecule has 0 atom stereocenters. The first-order valence-electron chi connectivity index (χ1n) is 11.0. The highest BCUT2D eigenvalue weighted by Crippen LogP contribution is 2.30. The number of halogens is 3. The summed E-state index contributed by atoms with van der Waals surface area (Å²) in [4.78, 5) is 19.8. The van der Waals surface area contributed by atoms with E-state index in [0.717, 1.165) is 28.3 Å². The van der Waals surface area contributed by atoms with Crippen LogP contribution in [0.4, 0.5) is 19.0 Å². The Bertz CT molecular complexity index is 1550. The zero-order valence-electron chi connectivity index (χ0n) is 20.0. The normalized spacial score (nSPS) is 11.9. The monoisotopic (exact) mass is 493 g/mol. The van der Waals surface area contributed by atoms with Crippen molar-refractivity contribution in [2.24, 2.45) is 0 Å². The van der Waals surface area contributed by atoms with Gasteiger partial charge in [-0.25, -0.2) is 29.3 Å². The Hall–Kier alpha value is -4.35. The molecule has 12 heteroatoms. The third kappa shape index (κ3) is 4.25. The minimum Gasteiger partial charge on any atom is -0.362 e. The molecule has 9 nitrogen and oxygen atoms in total. The smallest absolute Gasteiger partial charge is 0.362 e. The van der Waals surface area contributed by atoms with E-state index in [0.29, 0.717) is 35.2 Å². The lowest BCUT2D eigenvalue weighted by Crippen LogP contribution is -2.14. The molecular formula is C24H22F3N9. The minimum absolute atomic E-state index is 0.398. The lowest BCUT2D eigenvalue weighted by Gasteiger charge is -2.16. The summed E-state index contributed by atoms with van der Waals surface area (Å²) in [5.74, 6) is 1.21. The number of hydrogen-bond donors (Lipinski definition) is 0. The minimum atomic E-state index is -4.49. The van der Waals surface area contributed by atoms with Gasteiger partial charge in [-0.3, -0.25) is 0 Å². The van der Waals surface area contributed by atoms with E-state index in [2.05, 4.69) is 25.1 Å². The van der Waals surface area contributed by atoms with Gasteiger partial charge >= 0.3 is 6.18 Å². The average Bonchev–Trinajstić information content (AvgIpc) is 3.42. The largest absolute Gasteiger partial charge is 0.435 e. The molecule has 0 fully saturated rings. The Balaban J connectivity index is 1.46. The fourth-order valence-electron chi connectivity index (χ4n) is 3.95. The number of aryl methyl sites for hydroxylation is 2. The van der Waals surface area contributed by atoms with Gasteiger partial charge in [0.25, 0.3) is 0 Å². The van der Waals surface area contributed by atoms with Gasteiger partial charge in [-0.15, -0.1) is 0 Å². The van der Waals surface area contributed by atoms with Crippen LogP contribution in [-0.2, 0) is 12.7 Å². The standard InChI is InChI=1S/C24H22F3N9/c1-14-9-19(24(25,26)27)33-36(14)18-7-5-16(6-8-18)12-35-22-17(11-31-35)10-28-21(32-22)20-15(2)29-13-30-23(20)34(3)4/h5-11,13H,12H2,1-4H3. The summed E-state index contributed by atoms with van der Waals surface area (Å²) < 4.78 is 42.1. The summed E-state index contributed by atoms with van der Waals surface area (Å²) >= 11 is 0. The number of rotatable bonds is 5. The molecule has 0 amide bonds. The van der Waals surface area contributed by atoms with Gasteiger partial charge in [-0.2, -0.15) is 23.4 Å². The Morgan fingerprint density at radius 3 is 2.39 bits per heavy atom. The molecule has 0 aliphatic heterocycles. The predicted octanol–water partition coefficient (Wildman–Crippen LogP) is 4.22. The molecule has 1 aromatic carbocycles. The van der Waals surface area contributed by atoms with Gasteiger partial charge in [-0.05, 0) is 37.6 Å². The number of nitrogens with zero attached hydrogens (tertiary/aromatic N) is 9. The van der Waals surface area contributed by atoms with Crippen LogP contribution in [-0.4, -0.2) is 53.6 Å². The van der Waals surface area contributed by atoms with Crippen LogP contribution in [0.15, 0.2) is 49.1 Å². The second-order valence-electron chi connectivity index (χ2n) is 8.57. The fraction of sp³-hybridized carbons (Fsp3) is 0.250. The maximum absolute atomic E-state index is 13.0. The van der Waals surface area contributed by atoms with Gasteiger partial charge in [0.15, 0.2) is 17.2 Å². The topological polar surface area (TPSA) is 90.4 Å². The van der Waals surface area contributed by atoms with Gasteiger partial charge < -0.3 is 4.90 Å². The third-order valence-electron chi connectivity index (χ3n) is 5.73. The van der Waals surface area contributed by atoms with Gasteiger partial charge in [-0.1, -0.05) is 12.1 Å². The van der Waals surface area contributed by atoms with Crippen LogP contribution in [0.5, 0.6) is 0 Å². The maximum atomic E-state index is 13.0. The number of benzene rings is 1. The molecule has 0 saturated carbocycles. The molecule has 0 bridgehead atoms. The third-order valence-corrected chi connectivity index (χ3v) is 5.73. The van der Waals surface area contributed by atoms with E-state index in [4.69, 9.17) is 4.98 Å². The van der Waals surface area contributed by atoms with Crippen molar-refractivity contribution in [1.82, 2.24) is 39.5 Å². The molecule has 184 valence electrons. The van der Waals surface area contributed by atoms with E-state index in [-0.39, 0.29) is 0 Å². The molecule has 0 aliphatic carbocycles. The van der Waals surface area contributed by atoms with Crippen LogP contribution in [0.25, 0.3) is 28.1 Å². The summed E-state index contributed by atoms with van der Waals surface area (Å²) in [6.45, 7) is 3.89. The molecule has 5 rings (SSSR count). The highest BCUT2D eigenvalue weighted by molar-refractivity contribution is 5.79. The molecule has 0 unspecified atom stereocenters. The first-order chi connectivity index (χ1) is 17.1. The molecule has 0 aliphatic rings.